The third kappa shape index (κ3) is 3.03. The Morgan fingerprint density at radius 2 is 2.25 bits per heavy atom. The first kappa shape index (κ1) is 15.3. The van der Waals surface area contributed by atoms with Gasteiger partial charge in [0.25, 0.3) is 0 Å². The van der Waals surface area contributed by atoms with Gasteiger partial charge in [0.2, 0.25) is 5.88 Å². The molecule has 24 heavy (non-hydrogen) atoms. The minimum Gasteiger partial charge on any atom is -0.476 e. The number of piperidine rings is 1. The van der Waals surface area contributed by atoms with Crippen LogP contribution in [0.15, 0.2) is 30.3 Å². The van der Waals surface area contributed by atoms with Gasteiger partial charge in [-0.05, 0) is 30.7 Å². The molecule has 0 saturated carbocycles. The summed E-state index contributed by atoms with van der Waals surface area (Å²) in [5, 5.41) is 2.15. The molecule has 1 unspecified atom stereocenters. The first-order valence-electron chi connectivity index (χ1n) is 8.14. The lowest BCUT2D eigenvalue weighted by Crippen LogP contribution is -2.38. The number of rotatable bonds is 4. The molecular formula is C17H19N5OS. The molecule has 1 aliphatic rings. The van der Waals surface area contributed by atoms with Gasteiger partial charge in [-0.2, -0.15) is 0 Å². The quantitative estimate of drug-likeness (QED) is 0.727. The molecule has 0 amide bonds. The van der Waals surface area contributed by atoms with Gasteiger partial charge in [0.15, 0.2) is 0 Å². The number of hydrogen-bond acceptors (Lipinski definition) is 7. The maximum Gasteiger partial charge on any atom is 0.232 e. The van der Waals surface area contributed by atoms with Gasteiger partial charge in [0, 0.05) is 31.4 Å². The molecule has 1 aliphatic heterocycles. The molecular weight excluding hydrogens is 322 g/mol. The van der Waals surface area contributed by atoms with E-state index in [2.05, 4.69) is 37.1 Å². The van der Waals surface area contributed by atoms with Crippen molar-refractivity contribution in [3.05, 3.63) is 35.9 Å². The van der Waals surface area contributed by atoms with Gasteiger partial charge >= 0.3 is 0 Å². The minimum absolute atomic E-state index is 0.465. The number of aromatic nitrogens is 4. The van der Waals surface area contributed by atoms with E-state index in [-0.39, 0.29) is 0 Å². The fourth-order valence-corrected chi connectivity index (χ4v) is 4.16. The predicted octanol–water partition coefficient (Wildman–Crippen LogP) is 3.09. The van der Waals surface area contributed by atoms with Crippen LogP contribution in [0.4, 0.5) is 5.82 Å². The van der Waals surface area contributed by atoms with Crippen molar-refractivity contribution < 1.29 is 4.74 Å². The van der Waals surface area contributed by atoms with E-state index in [0.29, 0.717) is 18.4 Å². The molecule has 0 spiro atoms. The van der Waals surface area contributed by atoms with E-state index in [4.69, 9.17) is 4.74 Å². The lowest BCUT2D eigenvalue weighted by molar-refractivity contribution is 0.221. The summed E-state index contributed by atoms with van der Waals surface area (Å²) in [4.78, 5) is 19.6. The Labute approximate surface area is 144 Å². The van der Waals surface area contributed by atoms with Crippen LogP contribution < -0.4 is 9.64 Å². The second-order valence-electron chi connectivity index (χ2n) is 6.10. The highest BCUT2D eigenvalue weighted by molar-refractivity contribution is 7.18. The molecule has 124 valence electrons. The molecule has 7 heteroatoms. The molecule has 3 aromatic heterocycles. The van der Waals surface area contributed by atoms with Crippen LogP contribution in [0.2, 0.25) is 0 Å². The Kier molecular flexibility index (Phi) is 4.25. The van der Waals surface area contributed by atoms with Gasteiger partial charge in [0.05, 0.1) is 23.0 Å². The molecule has 4 rings (SSSR count). The number of anilines is 1. The summed E-state index contributed by atoms with van der Waals surface area (Å²) in [6.07, 6.45) is 8.94. The Morgan fingerprint density at radius 3 is 3.12 bits per heavy atom. The van der Waals surface area contributed by atoms with E-state index in [1.165, 1.54) is 10.3 Å². The third-order valence-corrected chi connectivity index (χ3v) is 5.42. The summed E-state index contributed by atoms with van der Waals surface area (Å²) < 4.78 is 6.98. The van der Waals surface area contributed by atoms with E-state index in [1.807, 2.05) is 0 Å². The topological polar surface area (TPSA) is 64.0 Å². The maximum atomic E-state index is 5.79. The fourth-order valence-electron chi connectivity index (χ4n) is 3.14. The molecule has 1 atom stereocenters. The lowest BCUT2D eigenvalue weighted by atomic mass is 9.99. The van der Waals surface area contributed by atoms with Crippen molar-refractivity contribution in [2.45, 2.75) is 19.8 Å². The molecule has 4 heterocycles. The highest BCUT2D eigenvalue weighted by Gasteiger charge is 2.24. The van der Waals surface area contributed by atoms with Crippen LogP contribution in [0.5, 0.6) is 5.88 Å². The van der Waals surface area contributed by atoms with Crippen molar-refractivity contribution in [3.8, 4) is 5.88 Å². The SMILES string of the molecule is Cc1csc2c(N3CCCC(COc4cnccn4)C3)ncnc12. The summed E-state index contributed by atoms with van der Waals surface area (Å²) in [7, 11) is 0. The van der Waals surface area contributed by atoms with E-state index in [0.717, 1.165) is 37.3 Å². The van der Waals surface area contributed by atoms with Crippen molar-refractivity contribution in [2.75, 3.05) is 24.6 Å². The summed E-state index contributed by atoms with van der Waals surface area (Å²) in [6, 6.07) is 0. The average Bonchev–Trinajstić information content (AvgIpc) is 3.02. The van der Waals surface area contributed by atoms with Gasteiger partial charge in [-0.1, -0.05) is 0 Å². The monoisotopic (exact) mass is 341 g/mol. The summed E-state index contributed by atoms with van der Waals surface area (Å²) in [6.45, 7) is 4.74. The molecule has 0 bridgehead atoms. The predicted molar refractivity (Wildman–Crippen MR) is 94.6 cm³/mol. The number of hydrogen-bond donors (Lipinski definition) is 0. The number of ether oxygens (including phenoxy) is 1. The Hall–Kier alpha value is -2.28. The zero-order valence-corrected chi connectivity index (χ0v) is 14.4. The van der Waals surface area contributed by atoms with Gasteiger partial charge in [0.1, 0.15) is 12.1 Å². The van der Waals surface area contributed by atoms with Crippen LogP contribution >= 0.6 is 11.3 Å². The van der Waals surface area contributed by atoms with Crippen molar-refractivity contribution in [3.63, 3.8) is 0 Å². The van der Waals surface area contributed by atoms with Gasteiger partial charge in [-0.3, -0.25) is 4.98 Å². The van der Waals surface area contributed by atoms with Gasteiger partial charge in [-0.25, -0.2) is 15.0 Å². The lowest BCUT2D eigenvalue weighted by Gasteiger charge is -2.33. The minimum atomic E-state index is 0.465. The average molecular weight is 341 g/mol. The fraction of sp³-hybridized carbons (Fsp3) is 0.412. The second-order valence-corrected chi connectivity index (χ2v) is 6.98. The first-order valence-corrected chi connectivity index (χ1v) is 9.02. The van der Waals surface area contributed by atoms with Gasteiger partial charge < -0.3 is 9.64 Å². The summed E-state index contributed by atoms with van der Waals surface area (Å²) in [5.74, 6) is 2.11. The largest absolute Gasteiger partial charge is 0.476 e. The zero-order valence-electron chi connectivity index (χ0n) is 13.6. The maximum absolute atomic E-state index is 5.79. The van der Waals surface area contributed by atoms with Crippen LogP contribution in [0.3, 0.4) is 0 Å². The Bertz CT molecular complexity index is 822. The van der Waals surface area contributed by atoms with Crippen LogP contribution in [0.25, 0.3) is 10.2 Å². The van der Waals surface area contributed by atoms with Crippen molar-refractivity contribution >= 4 is 27.4 Å². The zero-order chi connectivity index (χ0) is 16.4. The molecule has 6 nitrogen and oxygen atoms in total. The molecule has 3 aromatic rings. The van der Waals surface area contributed by atoms with Crippen molar-refractivity contribution in [2.24, 2.45) is 5.92 Å². The molecule has 1 fully saturated rings. The Balaban J connectivity index is 1.48. The number of fused-ring (bicyclic) bond motifs is 1. The van der Waals surface area contributed by atoms with E-state index >= 15 is 0 Å². The van der Waals surface area contributed by atoms with E-state index in [1.54, 1.807) is 36.3 Å². The van der Waals surface area contributed by atoms with Crippen LogP contribution in [0.1, 0.15) is 18.4 Å². The smallest absolute Gasteiger partial charge is 0.232 e. The third-order valence-electron chi connectivity index (χ3n) is 4.34. The Morgan fingerprint density at radius 1 is 1.29 bits per heavy atom. The normalized spacial score (nSPS) is 18.0. The summed E-state index contributed by atoms with van der Waals surface area (Å²) in [5.41, 5.74) is 2.29. The summed E-state index contributed by atoms with van der Waals surface area (Å²) >= 11 is 1.73. The molecule has 0 radical (unpaired) electrons. The van der Waals surface area contributed by atoms with Crippen molar-refractivity contribution in [1.29, 1.82) is 0 Å². The second kappa shape index (κ2) is 6.68. The highest BCUT2D eigenvalue weighted by atomic mass is 32.1. The van der Waals surface area contributed by atoms with Crippen LogP contribution in [-0.4, -0.2) is 39.6 Å². The number of nitrogens with zero attached hydrogens (tertiary/aromatic N) is 5. The van der Waals surface area contributed by atoms with E-state index in [9.17, 15) is 0 Å². The molecule has 0 aliphatic carbocycles. The molecule has 0 aromatic carbocycles. The molecule has 1 saturated heterocycles. The van der Waals surface area contributed by atoms with Gasteiger partial charge in [-0.15, -0.1) is 11.3 Å². The first-order chi connectivity index (χ1) is 11.8. The highest BCUT2D eigenvalue weighted by Crippen LogP contribution is 2.33. The van der Waals surface area contributed by atoms with Crippen LogP contribution in [-0.2, 0) is 0 Å². The van der Waals surface area contributed by atoms with Crippen LogP contribution in [0, 0.1) is 12.8 Å². The van der Waals surface area contributed by atoms with E-state index < -0.39 is 0 Å². The number of aryl methyl sites for hydroxylation is 1. The number of thiophene rings is 1. The molecule has 0 N–H and O–H groups in total. The standard InChI is InChI=1S/C17H19N5OS/c1-12-10-24-16-15(12)20-11-21-17(16)22-6-2-3-13(8-22)9-23-14-7-18-4-5-19-14/h4-5,7,10-11,13H,2-3,6,8-9H2,1H3. The van der Waals surface area contributed by atoms with Crippen molar-refractivity contribution in [1.82, 2.24) is 19.9 Å².